The Balaban J connectivity index is 2.81. The first-order valence-corrected chi connectivity index (χ1v) is 8.38. The summed E-state index contributed by atoms with van der Waals surface area (Å²) in [6.07, 6.45) is 0.973. The molecule has 23 heavy (non-hydrogen) atoms. The summed E-state index contributed by atoms with van der Waals surface area (Å²) < 4.78 is 16.4. The van der Waals surface area contributed by atoms with E-state index in [1.807, 2.05) is 39.5 Å². The molecular weight excluding hydrogens is 298 g/mol. The second-order valence-corrected chi connectivity index (χ2v) is 7.55. The molecule has 0 aromatic carbocycles. The number of β-amino-alcohol motifs (C(OH)–C–C–N with tert-alkyl or cyclic N) is 1. The number of hydrogen-bond acceptors (Lipinski definition) is 6. The highest BCUT2D eigenvalue weighted by molar-refractivity contribution is 5.82. The largest absolute Gasteiger partial charge is 0.459 e. The Labute approximate surface area is 140 Å². The number of methoxy groups -OCH3 is 1. The Morgan fingerprint density at radius 2 is 2.00 bits per heavy atom. The zero-order valence-corrected chi connectivity index (χ0v) is 15.4. The van der Waals surface area contributed by atoms with Gasteiger partial charge < -0.3 is 19.3 Å². The number of nitrogens with zero attached hydrogens (tertiary/aromatic N) is 1. The number of aliphatic hydroxyl groups is 1. The van der Waals surface area contributed by atoms with Gasteiger partial charge in [-0.05, 0) is 54.0 Å². The molecule has 1 rings (SSSR count). The lowest BCUT2D eigenvalue weighted by Crippen LogP contribution is -2.57. The molecular formula is C17H33NO5. The van der Waals surface area contributed by atoms with E-state index in [0.717, 1.165) is 13.0 Å². The second kappa shape index (κ2) is 8.42. The average molecular weight is 331 g/mol. The maximum Gasteiger partial charge on any atom is 0.329 e. The third-order valence-corrected chi connectivity index (χ3v) is 3.84. The van der Waals surface area contributed by atoms with Crippen molar-refractivity contribution in [2.24, 2.45) is 0 Å². The van der Waals surface area contributed by atoms with Crippen molar-refractivity contribution < 1.29 is 24.1 Å². The number of esters is 1. The van der Waals surface area contributed by atoms with E-state index in [1.54, 1.807) is 7.11 Å². The van der Waals surface area contributed by atoms with E-state index in [0.29, 0.717) is 13.0 Å². The highest BCUT2D eigenvalue weighted by atomic mass is 16.6. The lowest BCUT2D eigenvalue weighted by molar-refractivity contribution is -0.173. The molecule has 136 valence electrons. The lowest BCUT2D eigenvalue weighted by atomic mass is 9.96. The summed E-state index contributed by atoms with van der Waals surface area (Å²) in [7, 11) is 1.58. The van der Waals surface area contributed by atoms with E-state index < -0.39 is 17.2 Å². The predicted molar refractivity (Wildman–Crippen MR) is 88.4 cm³/mol. The molecule has 0 saturated carbocycles. The van der Waals surface area contributed by atoms with Crippen LogP contribution in [0.25, 0.3) is 0 Å². The van der Waals surface area contributed by atoms with Crippen LogP contribution in [0.1, 0.15) is 47.5 Å². The van der Waals surface area contributed by atoms with E-state index in [-0.39, 0.29) is 25.3 Å². The van der Waals surface area contributed by atoms with Gasteiger partial charge in [-0.15, -0.1) is 0 Å². The van der Waals surface area contributed by atoms with Crippen LogP contribution in [0, 0.1) is 0 Å². The highest BCUT2D eigenvalue weighted by Gasteiger charge is 2.50. The predicted octanol–water partition coefficient (Wildman–Crippen LogP) is 1.59. The van der Waals surface area contributed by atoms with Gasteiger partial charge in [0.15, 0.2) is 0 Å². The molecule has 6 heteroatoms. The molecule has 0 spiro atoms. The number of aliphatic hydroxyl groups excluding tert-OH is 1. The number of likely N-dealkylation sites (tertiary alicyclic amines) is 1. The van der Waals surface area contributed by atoms with Gasteiger partial charge in [0.05, 0.1) is 25.4 Å². The minimum atomic E-state index is -0.819. The molecule has 1 saturated heterocycles. The Kier molecular flexibility index (Phi) is 7.45. The molecule has 0 aromatic rings. The van der Waals surface area contributed by atoms with Crippen LogP contribution in [0.15, 0.2) is 0 Å². The Morgan fingerprint density at radius 1 is 1.35 bits per heavy atom. The third kappa shape index (κ3) is 6.03. The molecule has 2 atom stereocenters. The van der Waals surface area contributed by atoms with Crippen LogP contribution in [-0.4, -0.2) is 72.7 Å². The van der Waals surface area contributed by atoms with Gasteiger partial charge in [0, 0.05) is 13.7 Å². The van der Waals surface area contributed by atoms with Crippen LogP contribution in [-0.2, 0) is 19.0 Å². The fraction of sp³-hybridized carbons (Fsp3) is 0.941. The maximum atomic E-state index is 12.8. The monoisotopic (exact) mass is 331 g/mol. The van der Waals surface area contributed by atoms with E-state index in [9.17, 15) is 9.90 Å². The number of rotatable bonds is 8. The molecule has 1 heterocycles. The van der Waals surface area contributed by atoms with Crippen molar-refractivity contribution in [3.05, 3.63) is 0 Å². The Hall–Kier alpha value is -0.690. The first-order chi connectivity index (χ1) is 10.6. The normalized spacial score (nSPS) is 24.2. The van der Waals surface area contributed by atoms with Gasteiger partial charge in [-0.25, -0.2) is 4.79 Å². The molecule has 1 aliphatic rings. The molecule has 0 aromatic heterocycles. The minimum Gasteiger partial charge on any atom is -0.459 e. The molecule has 2 unspecified atom stereocenters. The zero-order valence-electron chi connectivity index (χ0n) is 15.4. The van der Waals surface area contributed by atoms with Crippen molar-refractivity contribution in [3.8, 4) is 0 Å². The lowest BCUT2D eigenvalue weighted by Gasteiger charge is -2.38. The number of carbonyl (C=O) groups excluding carboxylic acids is 1. The van der Waals surface area contributed by atoms with Crippen molar-refractivity contribution in [2.75, 3.05) is 33.4 Å². The van der Waals surface area contributed by atoms with Crippen LogP contribution in [0.3, 0.4) is 0 Å². The van der Waals surface area contributed by atoms with Gasteiger partial charge in [0.2, 0.25) is 0 Å². The Morgan fingerprint density at radius 3 is 2.52 bits per heavy atom. The summed E-state index contributed by atoms with van der Waals surface area (Å²) >= 11 is 0. The number of hydrogen-bond donors (Lipinski definition) is 1. The number of ether oxygens (including phenoxy) is 3. The van der Waals surface area contributed by atoms with Crippen molar-refractivity contribution in [2.45, 2.75) is 70.8 Å². The van der Waals surface area contributed by atoms with Gasteiger partial charge in [-0.2, -0.15) is 0 Å². The maximum absolute atomic E-state index is 12.8. The molecule has 0 aliphatic carbocycles. The molecule has 1 N–H and O–H groups in total. The average Bonchev–Trinajstić information content (AvgIpc) is 2.79. The summed E-state index contributed by atoms with van der Waals surface area (Å²) in [6.45, 7) is 11.1. The summed E-state index contributed by atoms with van der Waals surface area (Å²) in [5.41, 5.74) is -1.37. The smallest absolute Gasteiger partial charge is 0.329 e. The summed E-state index contributed by atoms with van der Waals surface area (Å²) in [5, 5.41) is 10.2. The standard InChI is InChI=1S/C17H33NO5/c1-13(2)22-11-14(19)10-18-9-7-8-17(18,12-21-6)15(20)23-16(3,4)5/h13-14,19H,7-12H2,1-6H3. The third-order valence-electron chi connectivity index (χ3n) is 3.84. The molecule has 6 nitrogen and oxygen atoms in total. The summed E-state index contributed by atoms with van der Waals surface area (Å²) in [6, 6.07) is 0. The van der Waals surface area contributed by atoms with Crippen molar-refractivity contribution in [1.82, 2.24) is 4.90 Å². The van der Waals surface area contributed by atoms with Crippen LogP contribution in [0.4, 0.5) is 0 Å². The molecule has 0 bridgehead atoms. The van der Waals surface area contributed by atoms with Crippen LogP contribution < -0.4 is 0 Å². The fourth-order valence-corrected chi connectivity index (χ4v) is 2.88. The van der Waals surface area contributed by atoms with Gasteiger partial charge in [0.25, 0.3) is 0 Å². The number of carbonyl (C=O) groups is 1. The van der Waals surface area contributed by atoms with Crippen molar-refractivity contribution >= 4 is 5.97 Å². The zero-order chi connectivity index (χ0) is 17.7. The quantitative estimate of drug-likeness (QED) is 0.681. The molecule has 1 aliphatic heterocycles. The first-order valence-electron chi connectivity index (χ1n) is 8.38. The summed E-state index contributed by atoms with van der Waals surface area (Å²) in [5.74, 6) is -0.277. The van der Waals surface area contributed by atoms with Crippen molar-refractivity contribution in [1.29, 1.82) is 0 Å². The van der Waals surface area contributed by atoms with Crippen LogP contribution >= 0.6 is 0 Å². The van der Waals surface area contributed by atoms with Gasteiger partial charge in [-0.1, -0.05) is 0 Å². The van der Waals surface area contributed by atoms with E-state index in [1.165, 1.54) is 0 Å². The van der Waals surface area contributed by atoms with Gasteiger partial charge in [0.1, 0.15) is 11.1 Å². The van der Waals surface area contributed by atoms with Gasteiger partial charge in [-0.3, -0.25) is 4.90 Å². The molecule has 1 fully saturated rings. The van der Waals surface area contributed by atoms with Gasteiger partial charge >= 0.3 is 5.97 Å². The molecule has 0 radical (unpaired) electrons. The van der Waals surface area contributed by atoms with Crippen LogP contribution in [0.5, 0.6) is 0 Å². The van der Waals surface area contributed by atoms with E-state index >= 15 is 0 Å². The molecule has 0 amide bonds. The minimum absolute atomic E-state index is 0.0674. The fourth-order valence-electron chi connectivity index (χ4n) is 2.88. The van der Waals surface area contributed by atoms with Crippen LogP contribution in [0.2, 0.25) is 0 Å². The van der Waals surface area contributed by atoms with E-state index in [2.05, 4.69) is 0 Å². The second-order valence-electron chi connectivity index (χ2n) is 7.55. The first kappa shape index (κ1) is 20.4. The topological polar surface area (TPSA) is 68.2 Å². The SMILES string of the molecule is COCC1(C(=O)OC(C)(C)C)CCCN1CC(O)COC(C)C. The summed E-state index contributed by atoms with van der Waals surface area (Å²) in [4.78, 5) is 14.8. The highest BCUT2D eigenvalue weighted by Crippen LogP contribution is 2.32. The van der Waals surface area contributed by atoms with Crippen molar-refractivity contribution in [3.63, 3.8) is 0 Å². The Bertz CT molecular complexity index is 380. The van der Waals surface area contributed by atoms with E-state index in [4.69, 9.17) is 14.2 Å².